The third-order valence-corrected chi connectivity index (χ3v) is 6.48. The maximum atomic E-state index is 4.77. The molecule has 0 amide bonds. The molecule has 2 aromatic carbocycles. The van der Waals surface area contributed by atoms with E-state index in [9.17, 15) is 0 Å². The number of hydrogen-bond acceptors (Lipinski definition) is 2. The van der Waals surface area contributed by atoms with Crippen molar-refractivity contribution < 1.29 is 0 Å². The molecule has 0 spiro atoms. The Balaban J connectivity index is 1.75. The number of aromatic nitrogens is 3. The van der Waals surface area contributed by atoms with Crippen molar-refractivity contribution in [3.05, 3.63) is 90.4 Å². The molecule has 118 valence electrons. The van der Waals surface area contributed by atoms with Crippen LogP contribution in [0.4, 0.5) is 0 Å². The van der Waals surface area contributed by atoms with Crippen molar-refractivity contribution >= 4 is 24.2 Å². The highest BCUT2D eigenvalue weighted by Crippen LogP contribution is 2.36. The molecular formula is C20H18N3P. The third kappa shape index (κ3) is 2.95. The van der Waals surface area contributed by atoms with Crippen LogP contribution < -0.4 is 10.6 Å². The smallest absolute Gasteiger partial charge is 0.158 e. The molecule has 4 aromatic rings. The normalized spacial score (nSPS) is 11.2. The molecule has 2 aromatic heterocycles. The molecule has 0 N–H and O–H groups in total. The van der Waals surface area contributed by atoms with Crippen LogP contribution in [0.1, 0.15) is 11.4 Å². The average Bonchev–Trinajstić information content (AvgIpc) is 3.05. The number of rotatable bonds is 4. The second-order valence-corrected chi connectivity index (χ2v) is 7.95. The lowest BCUT2D eigenvalue weighted by Gasteiger charge is -2.17. The molecule has 3 nitrogen and oxygen atoms in total. The van der Waals surface area contributed by atoms with E-state index in [-0.39, 0.29) is 0 Å². The SMILES string of the molecule is Cc1cccn2nc(CP(c3ccccc3)c3ccccc3)nc12. The molecule has 4 heteroatoms. The Labute approximate surface area is 142 Å². The summed E-state index contributed by atoms with van der Waals surface area (Å²) in [6, 6.07) is 25.5. The summed E-state index contributed by atoms with van der Waals surface area (Å²) in [5.74, 6) is 0.906. The van der Waals surface area contributed by atoms with Crippen LogP contribution in [-0.2, 0) is 6.16 Å². The molecule has 0 radical (unpaired) electrons. The Hall–Kier alpha value is -2.51. The van der Waals surface area contributed by atoms with E-state index in [4.69, 9.17) is 4.98 Å². The third-order valence-electron chi connectivity index (χ3n) is 4.04. The van der Waals surface area contributed by atoms with Gasteiger partial charge >= 0.3 is 0 Å². The summed E-state index contributed by atoms with van der Waals surface area (Å²) >= 11 is 0. The molecule has 0 aliphatic heterocycles. The fraction of sp³-hybridized carbons (Fsp3) is 0.100. The highest BCUT2D eigenvalue weighted by atomic mass is 31.1. The van der Waals surface area contributed by atoms with E-state index in [0.717, 1.165) is 23.2 Å². The van der Waals surface area contributed by atoms with Gasteiger partial charge in [-0.1, -0.05) is 66.7 Å². The fourth-order valence-electron chi connectivity index (χ4n) is 2.84. The zero-order valence-electron chi connectivity index (χ0n) is 13.5. The van der Waals surface area contributed by atoms with Crippen LogP contribution in [0.5, 0.6) is 0 Å². The van der Waals surface area contributed by atoms with E-state index in [1.807, 2.05) is 16.8 Å². The predicted molar refractivity (Wildman–Crippen MR) is 101 cm³/mol. The fourth-order valence-corrected chi connectivity index (χ4v) is 4.98. The Morgan fingerprint density at radius 2 is 1.46 bits per heavy atom. The summed E-state index contributed by atoms with van der Waals surface area (Å²) in [6.45, 7) is 2.07. The van der Waals surface area contributed by atoms with Gasteiger partial charge in [-0.2, -0.15) is 5.10 Å². The topological polar surface area (TPSA) is 30.2 Å². The van der Waals surface area contributed by atoms with E-state index in [2.05, 4.69) is 78.8 Å². The summed E-state index contributed by atoms with van der Waals surface area (Å²) in [5, 5.41) is 7.40. The van der Waals surface area contributed by atoms with Crippen molar-refractivity contribution in [2.75, 3.05) is 0 Å². The number of hydrogen-bond donors (Lipinski definition) is 0. The highest BCUT2D eigenvalue weighted by Gasteiger charge is 2.17. The van der Waals surface area contributed by atoms with Crippen LogP contribution in [0.3, 0.4) is 0 Å². The molecule has 24 heavy (non-hydrogen) atoms. The van der Waals surface area contributed by atoms with Gasteiger partial charge in [0.05, 0.1) is 0 Å². The van der Waals surface area contributed by atoms with Crippen molar-refractivity contribution in [1.29, 1.82) is 0 Å². The number of nitrogens with zero attached hydrogens (tertiary/aromatic N) is 3. The molecule has 4 rings (SSSR count). The minimum atomic E-state index is -0.512. The number of benzene rings is 2. The first-order valence-corrected chi connectivity index (χ1v) is 9.52. The van der Waals surface area contributed by atoms with Crippen molar-refractivity contribution in [3.63, 3.8) is 0 Å². The number of aryl methyl sites for hydroxylation is 1. The summed E-state index contributed by atoms with van der Waals surface area (Å²) in [4.78, 5) is 4.77. The van der Waals surface area contributed by atoms with Crippen molar-refractivity contribution in [3.8, 4) is 0 Å². The zero-order valence-corrected chi connectivity index (χ0v) is 14.4. The van der Waals surface area contributed by atoms with Gasteiger partial charge in [-0.05, 0) is 37.1 Å². The van der Waals surface area contributed by atoms with Gasteiger partial charge in [0, 0.05) is 12.4 Å². The highest BCUT2D eigenvalue weighted by molar-refractivity contribution is 7.72. The number of fused-ring (bicyclic) bond motifs is 1. The van der Waals surface area contributed by atoms with Crippen molar-refractivity contribution in [2.45, 2.75) is 13.1 Å². The molecule has 0 unspecified atom stereocenters. The first-order valence-electron chi connectivity index (χ1n) is 8.00. The molecule has 0 saturated heterocycles. The lowest BCUT2D eigenvalue weighted by atomic mass is 10.3. The van der Waals surface area contributed by atoms with Gasteiger partial charge < -0.3 is 0 Å². The molecule has 0 saturated carbocycles. The van der Waals surface area contributed by atoms with E-state index in [1.54, 1.807) is 0 Å². The van der Waals surface area contributed by atoms with Gasteiger partial charge in [-0.25, -0.2) is 9.50 Å². The Kier molecular flexibility index (Phi) is 4.10. The second-order valence-electron chi connectivity index (χ2n) is 5.74. The summed E-state index contributed by atoms with van der Waals surface area (Å²) < 4.78 is 1.88. The minimum absolute atomic E-state index is 0.512. The van der Waals surface area contributed by atoms with Gasteiger partial charge in [0.1, 0.15) is 0 Å². The van der Waals surface area contributed by atoms with Gasteiger partial charge in [0.2, 0.25) is 0 Å². The largest absolute Gasteiger partial charge is 0.221 e. The zero-order chi connectivity index (χ0) is 16.4. The van der Waals surface area contributed by atoms with Crippen LogP contribution in [0.15, 0.2) is 79.0 Å². The lowest BCUT2D eigenvalue weighted by Crippen LogP contribution is -2.13. The van der Waals surface area contributed by atoms with Gasteiger partial charge in [-0.15, -0.1) is 0 Å². The maximum absolute atomic E-state index is 4.77. The van der Waals surface area contributed by atoms with Crippen LogP contribution in [0, 0.1) is 6.92 Å². The molecule has 0 bridgehead atoms. The van der Waals surface area contributed by atoms with Gasteiger partial charge in [0.25, 0.3) is 0 Å². The second kappa shape index (κ2) is 6.54. The summed E-state index contributed by atoms with van der Waals surface area (Å²) in [6.07, 6.45) is 2.82. The maximum Gasteiger partial charge on any atom is 0.158 e. The van der Waals surface area contributed by atoms with Gasteiger partial charge in [0.15, 0.2) is 11.5 Å². The first kappa shape index (κ1) is 15.0. The Morgan fingerprint density at radius 3 is 2.04 bits per heavy atom. The summed E-state index contributed by atoms with van der Waals surface area (Å²) in [7, 11) is -0.512. The molecule has 0 atom stereocenters. The summed E-state index contributed by atoms with van der Waals surface area (Å²) in [5.41, 5.74) is 2.10. The van der Waals surface area contributed by atoms with Gasteiger partial charge in [-0.3, -0.25) is 0 Å². The van der Waals surface area contributed by atoms with E-state index < -0.39 is 7.92 Å². The van der Waals surface area contributed by atoms with E-state index in [1.165, 1.54) is 10.6 Å². The molecular weight excluding hydrogens is 313 g/mol. The predicted octanol–water partition coefficient (Wildman–Crippen LogP) is 3.67. The quantitative estimate of drug-likeness (QED) is 0.534. The first-order chi connectivity index (χ1) is 11.8. The average molecular weight is 331 g/mol. The monoisotopic (exact) mass is 331 g/mol. The van der Waals surface area contributed by atoms with Crippen molar-refractivity contribution in [1.82, 2.24) is 14.6 Å². The van der Waals surface area contributed by atoms with Crippen LogP contribution in [0.25, 0.3) is 5.65 Å². The molecule has 0 aliphatic carbocycles. The minimum Gasteiger partial charge on any atom is -0.221 e. The van der Waals surface area contributed by atoms with Crippen molar-refractivity contribution in [2.24, 2.45) is 0 Å². The lowest BCUT2D eigenvalue weighted by molar-refractivity contribution is 0.920. The van der Waals surface area contributed by atoms with E-state index >= 15 is 0 Å². The Bertz CT molecular complexity index is 909. The van der Waals surface area contributed by atoms with Crippen LogP contribution >= 0.6 is 7.92 Å². The van der Waals surface area contributed by atoms with Crippen LogP contribution in [-0.4, -0.2) is 14.6 Å². The number of pyridine rings is 1. The molecule has 0 aliphatic rings. The molecule has 0 fully saturated rings. The Morgan fingerprint density at radius 1 is 0.833 bits per heavy atom. The van der Waals surface area contributed by atoms with E-state index in [0.29, 0.717) is 0 Å². The standard InChI is InChI=1S/C20H18N3P/c1-16-9-8-14-23-20(16)21-19(22-23)15-24(17-10-4-2-5-11-17)18-12-6-3-7-13-18/h2-14H,15H2,1H3. The van der Waals surface area contributed by atoms with Crippen LogP contribution in [0.2, 0.25) is 0 Å². The molecule has 2 heterocycles.